The quantitative estimate of drug-likeness (QED) is 0.808. The van der Waals surface area contributed by atoms with Crippen molar-refractivity contribution in [2.24, 2.45) is 0 Å². The number of thiophene rings is 1. The number of carbonyl (C=O) groups excluding carboxylic acids is 1. The van der Waals surface area contributed by atoms with Gasteiger partial charge in [-0.1, -0.05) is 25.8 Å². The van der Waals surface area contributed by atoms with E-state index in [1.807, 2.05) is 24.4 Å². The molecule has 106 valence electrons. The first-order valence-corrected chi connectivity index (χ1v) is 7.19. The summed E-state index contributed by atoms with van der Waals surface area (Å²) in [5.41, 5.74) is 0. The van der Waals surface area contributed by atoms with E-state index in [1.165, 1.54) is 4.90 Å². The maximum atomic E-state index is 11.9. The molecule has 1 aromatic rings. The Kier molecular flexibility index (Phi) is 6.35. The summed E-state index contributed by atoms with van der Waals surface area (Å²) in [6, 6.07) is 2.71. The van der Waals surface area contributed by atoms with Crippen LogP contribution in [-0.4, -0.2) is 35.1 Å². The third-order valence-electron chi connectivity index (χ3n) is 2.76. The maximum Gasteiger partial charge on any atom is 0.326 e. The molecule has 0 aliphatic carbocycles. The minimum Gasteiger partial charge on any atom is -0.480 e. The number of nitrogens with zero attached hydrogens (tertiary/aromatic N) is 1. The third kappa shape index (κ3) is 5.30. The Balaban J connectivity index is 2.48. The molecule has 0 saturated heterocycles. The molecule has 19 heavy (non-hydrogen) atoms. The van der Waals surface area contributed by atoms with E-state index in [0.29, 0.717) is 13.0 Å². The van der Waals surface area contributed by atoms with E-state index in [9.17, 15) is 9.59 Å². The second-order valence-corrected chi connectivity index (χ2v) is 5.45. The van der Waals surface area contributed by atoms with E-state index >= 15 is 0 Å². The highest BCUT2D eigenvalue weighted by Gasteiger charge is 2.21. The Morgan fingerprint density at radius 2 is 2.26 bits per heavy atom. The van der Waals surface area contributed by atoms with Gasteiger partial charge in [0.1, 0.15) is 6.04 Å². The summed E-state index contributed by atoms with van der Waals surface area (Å²) in [7, 11) is 1.66. The molecule has 1 atom stereocenters. The maximum absolute atomic E-state index is 11.9. The summed E-state index contributed by atoms with van der Waals surface area (Å²) in [4.78, 5) is 25.5. The molecule has 0 aromatic carbocycles. The van der Waals surface area contributed by atoms with Crippen molar-refractivity contribution in [1.29, 1.82) is 0 Å². The molecule has 5 nitrogen and oxygen atoms in total. The Labute approximate surface area is 117 Å². The first-order valence-electron chi connectivity index (χ1n) is 6.31. The van der Waals surface area contributed by atoms with Gasteiger partial charge in [0.25, 0.3) is 0 Å². The number of carboxylic acids is 1. The van der Waals surface area contributed by atoms with Gasteiger partial charge in [-0.05, 0) is 17.9 Å². The van der Waals surface area contributed by atoms with Crippen LogP contribution in [0, 0.1) is 0 Å². The van der Waals surface area contributed by atoms with Crippen molar-refractivity contribution in [2.45, 2.75) is 38.8 Å². The molecule has 0 fully saturated rings. The second kappa shape index (κ2) is 7.78. The van der Waals surface area contributed by atoms with Crippen molar-refractivity contribution in [3.05, 3.63) is 22.4 Å². The van der Waals surface area contributed by atoms with Crippen LogP contribution >= 0.6 is 11.3 Å². The first kappa shape index (κ1) is 15.5. The Bertz CT molecular complexity index is 406. The summed E-state index contributed by atoms with van der Waals surface area (Å²) >= 11 is 1.57. The normalized spacial score (nSPS) is 11.9. The number of aliphatic carboxylic acids is 1. The molecule has 2 N–H and O–H groups in total. The predicted molar refractivity (Wildman–Crippen MR) is 75.3 cm³/mol. The minimum absolute atomic E-state index is 0.350. The summed E-state index contributed by atoms with van der Waals surface area (Å²) in [6.45, 7) is 2.48. The average Bonchev–Trinajstić information content (AvgIpc) is 2.86. The molecule has 0 bridgehead atoms. The largest absolute Gasteiger partial charge is 0.480 e. The van der Waals surface area contributed by atoms with Crippen LogP contribution in [0.1, 0.15) is 31.1 Å². The zero-order chi connectivity index (χ0) is 14.3. The molecule has 1 aromatic heterocycles. The monoisotopic (exact) mass is 284 g/mol. The predicted octanol–water partition coefficient (Wildman–Crippen LogP) is 2.53. The third-order valence-corrected chi connectivity index (χ3v) is 3.62. The van der Waals surface area contributed by atoms with Gasteiger partial charge in [0.05, 0.1) is 6.54 Å². The number of amides is 2. The van der Waals surface area contributed by atoms with Gasteiger partial charge in [0.2, 0.25) is 0 Å². The highest BCUT2D eigenvalue weighted by molar-refractivity contribution is 7.09. The van der Waals surface area contributed by atoms with Crippen LogP contribution in [-0.2, 0) is 11.3 Å². The van der Waals surface area contributed by atoms with E-state index in [-0.39, 0.29) is 6.03 Å². The van der Waals surface area contributed by atoms with Gasteiger partial charge in [-0.15, -0.1) is 11.3 Å². The molecule has 6 heteroatoms. The molecule has 0 aliphatic heterocycles. The van der Waals surface area contributed by atoms with Crippen molar-refractivity contribution in [3.63, 3.8) is 0 Å². The zero-order valence-corrected chi connectivity index (χ0v) is 12.1. The Morgan fingerprint density at radius 1 is 1.53 bits per heavy atom. The highest BCUT2D eigenvalue weighted by atomic mass is 32.1. The molecule has 0 radical (unpaired) electrons. The number of rotatable bonds is 7. The molecular formula is C13H20N2O3S. The molecule has 1 rings (SSSR count). The van der Waals surface area contributed by atoms with Gasteiger partial charge in [-0.25, -0.2) is 9.59 Å². The lowest BCUT2D eigenvalue weighted by Crippen LogP contribution is -2.46. The molecule has 2 amide bonds. The average molecular weight is 284 g/mol. The van der Waals surface area contributed by atoms with E-state index < -0.39 is 12.0 Å². The standard InChI is InChI=1S/C13H20N2O3S/c1-3-4-7-11(12(16)17)14-13(18)15(2)9-10-6-5-8-19-10/h5-6,8,11H,3-4,7,9H2,1-2H3,(H,14,18)(H,16,17)/t11-/m0/s1. The highest BCUT2D eigenvalue weighted by Crippen LogP contribution is 2.11. The van der Waals surface area contributed by atoms with Gasteiger partial charge in [-0.3, -0.25) is 0 Å². The topological polar surface area (TPSA) is 69.6 Å². The van der Waals surface area contributed by atoms with Gasteiger partial charge in [-0.2, -0.15) is 0 Å². The molecule has 0 aliphatic rings. The minimum atomic E-state index is -0.980. The number of carboxylic acid groups (broad SMARTS) is 1. The van der Waals surface area contributed by atoms with Crippen LogP contribution in [0.15, 0.2) is 17.5 Å². The molecule has 0 saturated carbocycles. The van der Waals surface area contributed by atoms with E-state index in [0.717, 1.165) is 17.7 Å². The van der Waals surface area contributed by atoms with Crippen LogP contribution in [0.5, 0.6) is 0 Å². The lowest BCUT2D eigenvalue weighted by atomic mass is 10.1. The smallest absolute Gasteiger partial charge is 0.326 e. The summed E-state index contributed by atoms with van der Waals surface area (Å²) in [5.74, 6) is -0.980. The van der Waals surface area contributed by atoms with Crippen molar-refractivity contribution >= 4 is 23.3 Å². The number of unbranched alkanes of at least 4 members (excludes halogenated alkanes) is 1. The van der Waals surface area contributed by atoms with Gasteiger partial charge >= 0.3 is 12.0 Å². The summed E-state index contributed by atoms with van der Waals surface area (Å²) in [6.07, 6.45) is 2.15. The molecule has 0 unspecified atom stereocenters. The Morgan fingerprint density at radius 3 is 2.79 bits per heavy atom. The van der Waals surface area contributed by atoms with E-state index in [2.05, 4.69) is 5.32 Å². The molecule has 1 heterocycles. The summed E-state index contributed by atoms with van der Waals surface area (Å²) in [5, 5.41) is 13.6. The second-order valence-electron chi connectivity index (χ2n) is 4.42. The van der Waals surface area contributed by atoms with Crippen molar-refractivity contribution < 1.29 is 14.7 Å². The van der Waals surface area contributed by atoms with E-state index in [1.54, 1.807) is 18.4 Å². The number of carbonyl (C=O) groups is 2. The Hall–Kier alpha value is -1.56. The van der Waals surface area contributed by atoms with Crippen LogP contribution in [0.25, 0.3) is 0 Å². The van der Waals surface area contributed by atoms with Crippen molar-refractivity contribution in [3.8, 4) is 0 Å². The van der Waals surface area contributed by atoms with Gasteiger partial charge in [0.15, 0.2) is 0 Å². The van der Waals surface area contributed by atoms with Crippen molar-refractivity contribution in [2.75, 3.05) is 7.05 Å². The zero-order valence-electron chi connectivity index (χ0n) is 11.3. The number of urea groups is 1. The lowest BCUT2D eigenvalue weighted by molar-refractivity contribution is -0.139. The number of hydrogen-bond donors (Lipinski definition) is 2. The van der Waals surface area contributed by atoms with E-state index in [4.69, 9.17) is 5.11 Å². The first-order chi connectivity index (χ1) is 9.04. The fourth-order valence-corrected chi connectivity index (χ4v) is 2.39. The lowest BCUT2D eigenvalue weighted by Gasteiger charge is -2.20. The number of hydrogen-bond acceptors (Lipinski definition) is 3. The van der Waals surface area contributed by atoms with Crippen LogP contribution in [0.2, 0.25) is 0 Å². The van der Waals surface area contributed by atoms with Gasteiger partial charge in [0, 0.05) is 11.9 Å². The van der Waals surface area contributed by atoms with Crippen LogP contribution in [0.4, 0.5) is 4.79 Å². The van der Waals surface area contributed by atoms with Crippen LogP contribution in [0.3, 0.4) is 0 Å². The van der Waals surface area contributed by atoms with Crippen LogP contribution < -0.4 is 5.32 Å². The molecular weight excluding hydrogens is 264 g/mol. The van der Waals surface area contributed by atoms with Gasteiger partial charge < -0.3 is 15.3 Å². The SMILES string of the molecule is CCCC[C@H](NC(=O)N(C)Cc1cccs1)C(=O)O. The fourth-order valence-electron chi connectivity index (χ4n) is 1.63. The summed E-state index contributed by atoms with van der Waals surface area (Å²) < 4.78 is 0. The fraction of sp³-hybridized carbons (Fsp3) is 0.538. The van der Waals surface area contributed by atoms with Crippen molar-refractivity contribution in [1.82, 2.24) is 10.2 Å². The number of nitrogens with one attached hydrogen (secondary N) is 1. The molecule has 0 spiro atoms.